The van der Waals surface area contributed by atoms with E-state index in [-0.39, 0.29) is 13.2 Å². The van der Waals surface area contributed by atoms with Crippen molar-refractivity contribution in [3.05, 3.63) is 11.9 Å². The number of ether oxygens (including phenoxy) is 1. The summed E-state index contributed by atoms with van der Waals surface area (Å²) in [6.45, 7) is 4.83. The maximum absolute atomic E-state index is 8.59. The van der Waals surface area contributed by atoms with Gasteiger partial charge in [-0.2, -0.15) is 4.98 Å². The first-order valence-corrected chi connectivity index (χ1v) is 4.59. The Hall–Kier alpha value is -1.36. The molecule has 0 aliphatic heterocycles. The lowest BCUT2D eigenvalue weighted by atomic mass is 10.5. The summed E-state index contributed by atoms with van der Waals surface area (Å²) in [6.07, 6.45) is 0. The lowest BCUT2D eigenvalue weighted by Gasteiger charge is -2.07. The van der Waals surface area contributed by atoms with Crippen molar-refractivity contribution in [3.63, 3.8) is 0 Å². The highest BCUT2D eigenvalue weighted by atomic mass is 16.5. The predicted molar refractivity (Wildman–Crippen MR) is 53.5 cm³/mol. The third-order valence-electron chi connectivity index (χ3n) is 1.51. The minimum absolute atomic E-state index is 0.0143. The van der Waals surface area contributed by atoms with Gasteiger partial charge in [-0.25, -0.2) is 4.98 Å². The monoisotopic (exact) mass is 197 g/mol. The van der Waals surface area contributed by atoms with Gasteiger partial charge in [0.15, 0.2) is 0 Å². The van der Waals surface area contributed by atoms with Gasteiger partial charge in [-0.1, -0.05) is 0 Å². The second kappa shape index (κ2) is 5.39. The second-order valence-electron chi connectivity index (χ2n) is 2.74. The molecule has 14 heavy (non-hydrogen) atoms. The van der Waals surface area contributed by atoms with Crippen molar-refractivity contribution < 1.29 is 9.84 Å². The van der Waals surface area contributed by atoms with E-state index < -0.39 is 0 Å². The largest absolute Gasteiger partial charge is 0.475 e. The Morgan fingerprint density at radius 3 is 2.93 bits per heavy atom. The quantitative estimate of drug-likeness (QED) is 0.723. The molecule has 78 valence electrons. The van der Waals surface area contributed by atoms with E-state index in [9.17, 15) is 0 Å². The Bertz CT molecular complexity index is 291. The zero-order chi connectivity index (χ0) is 10.4. The number of hydrogen-bond donors (Lipinski definition) is 2. The molecule has 0 unspecified atom stereocenters. The van der Waals surface area contributed by atoms with Crippen molar-refractivity contribution >= 4 is 5.82 Å². The first-order chi connectivity index (χ1) is 6.76. The highest BCUT2D eigenvalue weighted by molar-refractivity contribution is 5.38. The summed E-state index contributed by atoms with van der Waals surface area (Å²) in [5.74, 6) is 1.88. The van der Waals surface area contributed by atoms with Crippen LogP contribution in [0.15, 0.2) is 6.07 Å². The van der Waals surface area contributed by atoms with Crippen molar-refractivity contribution in [2.75, 3.05) is 25.1 Å². The summed E-state index contributed by atoms with van der Waals surface area (Å²) in [7, 11) is 0. The number of nitrogens with one attached hydrogen (secondary N) is 1. The van der Waals surface area contributed by atoms with E-state index in [0.717, 1.165) is 12.4 Å². The standard InChI is InChI=1S/C9H15N3O2/c1-3-10-8-6-9(14-5-4-13)12-7(2)11-8/h6,13H,3-5H2,1-2H3,(H,10,11,12). The number of anilines is 1. The maximum atomic E-state index is 8.59. The Labute approximate surface area is 83.2 Å². The highest BCUT2D eigenvalue weighted by Crippen LogP contribution is 2.12. The van der Waals surface area contributed by atoms with E-state index in [4.69, 9.17) is 9.84 Å². The minimum atomic E-state index is -0.0143. The molecule has 1 heterocycles. The van der Waals surface area contributed by atoms with Crippen LogP contribution in [0.1, 0.15) is 12.7 Å². The second-order valence-corrected chi connectivity index (χ2v) is 2.74. The fraction of sp³-hybridized carbons (Fsp3) is 0.556. The molecule has 5 heteroatoms. The van der Waals surface area contributed by atoms with Crippen LogP contribution >= 0.6 is 0 Å². The van der Waals surface area contributed by atoms with E-state index in [1.165, 1.54) is 0 Å². The Balaban J connectivity index is 2.73. The van der Waals surface area contributed by atoms with Crippen LogP contribution in [-0.4, -0.2) is 34.8 Å². The van der Waals surface area contributed by atoms with E-state index in [1.54, 1.807) is 13.0 Å². The van der Waals surface area contributed by atoms with Gasteiger partial charge in [0.2, 0.25) is 5.88 Å². The van der Waals surface area contributed by atoms with E-state index in [0.29, 0.717) is 11.7 Å². The molecule has 0 saturated carbocycles. The highest BCUT2D eigenvalue weighted by Gasteiger charge is 2.01. The van der Waals surface area contributed by atoms with Crippen LogP contribution in [0.4, 0.5) is 5.82 Å². The minimum Gasteiger partial charge on any atom is -0.475 e. The Morgan fingerprint density at radius 2 is 2.29 bits per heavy atom. The summed E-state index contributed by atoms with van der Waals surface area (Å²) in [4.78, 5) is 8.24. The zero-order valence-electron chi connectivity index (χ0n) is 8.45. The zero-order valence-corrected chi connectivity index (χ0v) is 8.45. The van der Waals surface area contributed by atoms with Crippen LogP contribution in [0.2, 0.25) is 0 Å². The molecular formula is C9H15N3O2. The molecule has 0 saturated heterocycles. The van der Waals surface area contributed by atoms with E-state index in [2.05, 4.69) is 15.3 Å². The number of aliphatic hydroxyl groups is 1. The Morgan fingerprint density at radius 1 is 1.50 bits per heavy atom. The average molecular weight is 197 g/mol. The number of nitrogens with zero attached hydrogens (tertiary/aromatic N) is 2. The van der Waals surface area contributed by atoms with Crippen LogP contribution in [0, 0.1) is 6.92 Å². The SMILES string of the molecule is CCNc1cc(OCCO)nc(C)n1. The van der Waals surface area contributed by atoms with Gasteiger partial charge in [0, 0.05) is 12.6 Å². The molecule has 2 N–H and O–H groups in total. The number of aromatic nitrogens is 2. The van der Waals surface area contributed by atoms with Crippen LogP contribution in [0.25, 0.3) is 0 Å². The fourth-order valence-corrected chi connectivity index (χ4v) is 1.04. The molecule has 0 atom stereocenters. The van der Waals surface area contributed by atoms with Gasteiger partial charge in [0.1, 0.15) is 18.2 Å². The number of aryl methyl sites for hydroxylation is 1. The first-order valence-electron chi connectivity index (χ1n) is 4.59. The molecule has 0 spiro atoms. The molecule has 0 fully saturated rings. The molecule has 5 nitrogen and oxygen atoms in total. The van der Waals surface area contributed by atoms with Crippen molar-refractivity contribution in [1.82, 2.24) is 9.97 Å². The summed E-state index contributed by atoms with van der Waals surface area (Å²) >= 11 is 0. The molecule has 0 amide bonds. The van der Waals surface area contributed by atoms with E-state index in [1.807, 2.05) is 6.92 Å². The maximum Gasteiger partial charge on any atom is 0.218 e. The van der Waals surface area contributed by atoms with Crippen LogP contribution in [0.5, 0.6) is 5.88 Å². The molecule has 1 aromatic rings. The van der Waals surface area contributed by atoms with Gasteiger partial charge in [-0.15, -0.1) is 0 Å². The molecule has 0 aliphatic carbocycles. The van der Waals surface area contributed by atoms with Gasteiger partial charge in [0.05, 0.1) is 6.61 Å². The summed E-state index contributed by atoms with van der Waals surface area (Å²) < 4.78 is 5.18. The van der Waals surface area contributed by atoms with Gasteiger partial charge in [0.25, 0.3) is 0 Å². The topological polar surface area (TPSA) is 67.3 Å². The number of hydrogen-bond acceptors (Lipinski definition) is 5. The first kappa shape index (κ1) is 10.7. The van der Waals surface area contributed by atoms with Crippen molar-refractivity contribution in [2.24, 2.45) is 0 Å². The Kier molecular flexibility index (Phi) is 4.12. The third-order valence-corrected chi connectivity index (χ3v) is 1.51. The van der Waals surface area contributed by atoms with Crippen molar-refractivity contribution in [3.8, 4) is 5.88 Å². The molecule has 0 aromatic carbocycles. The molecule has 0 bridgehead atoms. The molecule has 0 aliphatic rings. The number of aliphatic hydroxyl groups excluding tert-OH is 1. The van der Waals surface area contributed by atoms with Gasteiger partial charge in [-0.3, -0.25) is 0 Å². The van der Waals surface area contributed by atoms with Gasteiger partial charge in [-0.05, 0) is 13.8 Å². The summed E-state index contributed by atoms with van der Waals surface area (Å²) in [5, 5.41) is 11.7. The molecule has 1 rings (SSSR count). The third kappa shape index (κ3) is 3.18. The van der Waals surface area contributed by atoms with Crippen LogP contribution in [-0.2, 0) is 0 Å². The number of rotatable bonds is 5. The molecule has 0 radical (unpaired) electrons. The van der Waals surface area contributed by atoms with Gasteiger partial charge < -0.3 is 15.2 Å². The fourth-order valence-electron chi connectivity index (χ4n) is 1.04. The molecular weight excluding hydrogens is 182 g/mol. The molecule has 1 aromatic heterocycles. The summed E-state index contributed by atoms with van der Waals surface area (Å²) in [5.41, 5.74) is 0. The lowest BCUT2D eigenvalue weighted by molar-refractivity contribution is 0.196. The average Bonchev–Trinajstić information content (AvgIpc) is 2.14. The van der Waals surface area contributed by atoms with Gasteiger partial charge >= 0.3 is 0 Å². The van der Waals surface area contributed by atoms with Crippen LogP contribution < -0.4 is 10.1 Å². The lowest BCUT2D eigenvalue weighted by Crippen LogP contribution is -2.06. The van der Waals surface area contributed by atoms with E-state index >= 15 is 0 Å². The normalized spacial score (nSPS) is 9.93. The van der Waals surface area contributed by atoms with Crippen molar-refractivity contribution in [1.29, 1.82) is 0 Å². The van der Waals surface area contributed by atoms with Crippen LogP contribution in [0.3, 0.4) is 0 Å². The summed E-state index contributed by atoms with van der Waals surface area (Å²) in [6, 6.07) is 1.71. The smallest absolute Gasteiger partial charge is 0.218 e. The predicted octanol–water partition coefficient (Wildman–Crippen LogP) is 0.588. The van der Waals surface area contributed by atoms with Crippen molar-refractivity contribution in [2.45, 2.75) is 13.8 Å².